The standard InChI is InChI=1S/C15H18ClNO/c1-17-14(13-10-11-18-15(13)16)9-5-8-12-6-3-2-4-7-12/h2-4,6-7,10-11,14,17H,5,8-9H2,1H3. The van der Waals surface area contributed by atoms with Crippen LogP contribution in [0.4, 0.5) is 0 Å². The first-order chi connectivity index (χ1) is 8.81. The summed E-state index contributed by atoms with van der Waals surface area (Å²) in [7, 11) is 1.95. The molecule has 2 nitrogen and oxygen atoms in total. The minimum Gasteiger partial charge on any atom is -0.453 e. The molecule has 0 fully saturated rings. The van der Waals surface area contributed by atoms with Crippen LogP contribution >= 0.6 is 11.6 Å². The molecule has 0 radical (unpaired) electrons. The second-order valence-electron chi connectivity index (χ2n) is 4.37. The van der Waals surface area contributed by atoms with Gasteiger partial charge in [0.1, 0.15) is 0 Å². The van der Waals surface area contributed by atoms with Gasteiger partial charge in [0.25, 0.3) is 0 Å². The summed E-state index contributed by atoms with van der Waals surface area (Å²) in [5.41, 5.74) is 2.43. The molecule has 0 aliphatic rings. The molecule has 0 amide bonds. The van der Waals surface area contributed by atoms with E-state index in [2.05, 4.69) is 29.6 Å². The number of nitrogens with one attached hydrogen (secondary N) is 1. The molecule has 0 bridgehead atoms. The zero-order valence-corrected chi connectivity index (χ0v) is 11.3. The Balaban J connectivity index is 1.87. The highest BCUT2D eigenvalue weighted by Crippen LogP contribution is 2.27. The van der Waals surface area contributed by atoms with Gasteiger partial charge < -0.3 is 9.73 Å². The SMILES string of the molecule is CNC(CCCc1ccccc1)c1ccoc1Cl. The van der Waals surface area contributed by atoms with Gasteiger partial charge in [-0.2, -0.15) is 0 Å². The Morgan fingerprint density at radius 1 is 1.22 bits per heavy atom. The van der Waals surface area contributed by atoms with E-state index in [9.17, 15) is 0 Å². The van der Waals surface area contributed by atoms with Gasteiger partial charge in [0.15, 0.2) is 5.22 Å². The van der Waals surface area contributed by atoms with Crippen LogP contribution in [-0.4, -0.2) is 7.05 Å². The Morgan fingerprint density at radius 2 is 2.00 bits per heavy atom. The molecular weight excluding hydrogens is 246 g/mol. The second-order valence-corrected chi connectivity index (χ2v) is 4.71. The van der Waals surface area contributed by atoms with E-state index < -0.39 is 0 Å². The molecule has 0 saturated heterocycles. The van der Waals surface area contributed by atoms with Gasteiger partial charge in [0.05, 0.1) is 6.26 Å². The van der Waals surface area contributed by atoms with E-state index in [1.165, 1.54) is 5.56 Å². The van der Waals surface area contributed by atoms with Gasteiger partial charge in [0.2, 0.25) is 0 Å². The molecule has 0 spiro atoms. The van der Waals surface area contributed by atoms with E-state index in [1.807, 2.05) is 19.2 Å². The van der Waals surface area contributed by atoms with Crippen LogP contribution in [0.25, 0.3) is 0 Å². The fraction of sp³-hybridized carbons (Fsp3) is 0.333. The first kappa shape index (κ1) is 13.2. The Bertz CT molecular complexity index is 466. The summed E-state index contributed by atoms with van der Waals surface area (Å²) in [4.78, 5) is 0. The summed E-state index contributed by atoms with van der Waals surface area (Å²) in [5.74, 6) is 0. The highest BCUT2D eigenvalue weighted by atomic mass is 35.5. The normalized spacial score (nSPS) is 12.6. The fourth-order valence-corrected chi connectivity index (χ4v) is 2.41. The lowest BCUT2D eigenvalue weighted by molar-refractivity contribution is 0.511. The van der Waals surface area contributed by atoms with Crippen LogP contribution in [0.5, 0.6) is 0 Å². The maximum atomic E-state index is 6.00. The molecule has 0 aliphatic carbocycles. The smallest absolute Gasteiger partial charge is 0.197 e. The maximum absolute atomic E-state index is 6.00. The van der Waals surface area contributed by atoms with Crippen molar-refractivity contribution < 1.29 is 4.42 Å². The van der Waals surface area contributed by atoms with E-state index in [4.69, 9.17) is 16.0 Å². The summed E-state index contributed by atoms with van der Waals surface area (Å²) >= 11 is 6.00. The summed E-state index contributed by atoms with van der Waals surface area (Å²) in [6, 6.07) is 12.7. The number of halogens is 1. The van der Waals surface area contributed by atoms with Crippen molar-refractivity contribution in [3.8, 4) is 0 Å². The molecule has 2 rings (SSSR count). The van der Waals surface area contributed by atoms with Crippen molar-refractivity contribution in [1.29, 1.82) is 0 Å². The minimum absolute atomic E-state index is 0.264. The van der Waals surface area contributed by atoms with Crippen LogP contribution in [0.15, 0.2) is 47.1 Å². The third-order valence-corrected chi connectivity index (χ3v) is 3.48. The molecule has 18 heavy (non-hydrogen) atoms. The van der Waals surface area contributed by atoms with Crippen LogP contribution < -0.4 is 5.32 Å². The van der Waals surface area contributed by atoms with Gasteiger partial charge >= 0.3 is 0 Å². The van der Waals surface area contributed by atoms with Crippen LogP contribution in [0.3, 0.4) is 0 Å². The Labute approximate surface area is 113 Å². The third-order valence-electron chi connectivity index (χ3n) is 3.17. The summed E-state index contributed by atoms with van der Waals surface area (Å²) in [6.45, 7) is 0. The molecule has 1 aromatic carbocycles. The highest BCUT2D eigenvalue weighted by molar-refractivity contribution is 6.29. The lowest BCUT2D eigenvalue weighted by Gasteiger charge is -2.14. The summed E-state index contributed by atoms with van der Waals surface area (Å²) in [5, 5.41) is 3.78. The second kappa shape index (κ2) is 6.62. The van der Waals surface area contributed by atoms with E-state index in [0.717, 1.165) is 24.8 Å². The van der Waals surface area contributed by atoms with Crippen molar-refractivity contribution in [2.45, 2.75) is 25.3 Å². The van der Waals surface area contributed by atoms with Crippen LogP contribution in [0.1, 0.15) is 30.0 Å². The van der Waals surface area contributed by atoms with Gasteiger partial charge in [-0.05, 0) is 49.5 Å². The van der Waals surface area contributed by atoms with Crippen LogP contribution in [-0.2, 0) is 6.42 Å². The van der Waals surface area contributed by atoms with Gasteiger partial charge in [-0.15, -0.1) is 0 Å². The van der Waals surface area contributed by atoms with Gasteiger partial charge in [-0.25, -0.2) is 0 Å². The zero-order chi connectivity index (χ0) is 12.8. The van der Waals surface area contributed by atoms with Crippen LogP contribution in [0, 0.1) is 0 Å². The fourth-order valence-electron chi connectivity index (χ4n) is 2.16. The maximum Gasteiger partial charge on any atom is 0.197 e. The highest BCUT2D eigenvalue weighted by Gasteiger charge is 2.14. The first-order valence-corrected chi connectivity index (χ1v) is 6.63. The van der Waals surface area contributed by atoms with Gasteiger partial charge in [0, 0.05) is 11.6 Å². The van der Waals surface area contributed by atoms with Crippen LogP contribution in [0.2, 0.25) is 5.22 Å². The van der Waals surface area contributed by atoms with Crippen molar-refractivity contribution in [3.63, 3.8) is 0 Å². The monoisotopic (exact) mass is 263 g/mol. The molecule has 1 unspecified atom stereocenters. The van der Waals surface area contributed by atoms with Gasteiger partial charge in [-0.3, -0.25) is 0 Å². The molecule has 0 saturated carbocycles. The van der Waals surface area contributed by atoms with E-state index in [0.29, 0.717) is 5.22 Å². The van der Waals surface area contributed by atoms with E-state index in [1.54, 1.807) is 6.26 Å². The van der Waals surface area contributed by atoms with Crippen molar-refractivity contribution in [1.82, 2.24) is 5.32 Å². The lowest BCUT2D eigenvalue weighted by atomic mass is 10.0. The molecule has 96 valence electrons. The predicted molar refractivity (Wildman–Crippen MR) is 74.9 cm³/mol. The zero-order valence-electron chi connectivity index (χ0n) is 10.5. The number of hydrogen-bond donors (Lipinski definition) is 1. The molecule has 1 aromatic heterocycles. The first-order valence-electron chi connectivity index (χ1n) is 6.25. The summed E-state index contributed by atoms with van der Waals surface area (Å²) < 4.78 is 5.14. The predicted octanol–water partition coefficient (Wildman–Crippen LogP) is 4.22. The Kier molecular flexibility index (Phi) is 4.85. The largest absolute Gasteiger partial charge is 0.453 e. The van der Waals surface area contributed by atoms with Crippen molar-refractivity contribution >= 4 is 11.6 Å². The molecule has 1 heterocycles. The average molecular weight is 264 g/mol. The number of aryl methyl sites for hydroxylation is 1. The lowest BCUT2D eigenvalue weighted by Crippen LogP contribution is -2.16. The molecular formula is C15H18ClNO. The Morgan fingerprint density at radius 3 is 2.61 bits per heavy atom. The molecule has 1 N–H and O–H groups in total. The van der Waals surface area contributed by atoms with Crippen molar-refractivity contribution in [2.24, 2.45) is 0 Å². The van der Waals surface area contributed by atoms with E-state index >= 15 is 0 Å². The molecule has 2 aromatic rings. The van der Waals surface area contributed by atoms with Gasteiger partial charge in [-0.1, -0.05) is 30.3 Å². The van der Waals surface area contributed by atoms with E-state index in [-0.39, 0.29) is 6.04 Å². The number of furan rings is 1. The van der Waals surface area contributed by atoms with Crippen molar-refractivity contribution in [2.75, 3.05) is 7.05 Å². The quantitative estimate of drug-likeness (QED) is 0.844. The minimum atomic E-state index is 0.264. The number of hydrogen-bond acceptors (Lipinski definition) is 2. The topological polar surface area (TPSA) is 25.2 Å². The molecule has 1 atom stereocenters. The summed E-state index contributed by atoms with van der Waals surface area (Å²) in [6.07, 6.45) is 4.90. The average Bonchev–Trinajstić information content (AvgIpc) is 2.82. The Hall–Kier alpha value is -1.25. The van der Waals surface area contributed by atoms with Crippen molar-refractivity contribution in [3.05, 3.63) is 59.0 Å². The molecule has 0 aliphatic heterocycles. The number of rotatable bonds is 6. The number of benzene rings is 1. The third kappa shape index (κ3) is 3.37. The molecule has 3 heteroatoms.